The molecule has 0 heterocycles. The number of hydrogen-bond acceptors (Lipinski definition) is 3. The van der Waals surface area contributed by atoms with Crippen molar-refractivity contribution in [3.63, 3.8) is 0 Å². The molecule has 0 aliphatic carbocycles. The van der Waals surface area contributed by atoms with Gasteiger partial charge in [0.25, 0.3) is 0 Å². The number of hydrogen-bond donors (Lipinski definition) is 0. The van der Waals surface area contributed by atoms with Crippen molar-refractivity contribution in [2.75, 3.05) is 14.1 Å². The Morgan fingerprint density at radius 2 is 1.41 bits per heavy atom. The molecule has 3 aromatic rings. The van der Waals surface area contributed by atoms with Crippen molar-refractivity contribution in [3.05, 3.63) is 95.1 Å². The van der Waals surface area contributed by atoms with E-state index in [9.17, 15) is 13.0 Å². The minimum Gasteiger partial charge on any atom is -0.744 e. The summed E-state index contributed by atoms with van der Waals surface area (Å²) >= 11 is 0. The minimum absolute atomic E-state index is 0.178. The van der Waals surface area contributed by atoms with E-state index in [0.717, 1.165) is 16.6 Å². The highest BCUT2D eigenvalue weighted by atomic mass is 32.2. The zero-order valence-corrected chi connectivity index (χ0v) is 18.5. The Morgan fingerprint density at radius 1 is 0.793 bits per heavy atom. The van der Waals surface area contributed by atoms with E-state index in [2.05, 4.69) is 76.5 Å². The van der Waals surface area contributed by atoms with Gasteiger partial charge in [0.1, 0.15) is 22.4 Å². The van der Waals surface area contributed by atoms with Crippen LogP contribution in [0, 0.1) is 20.8 Å². The van der Waals surface area contributed by atoms with Crippen LogP contribution in [-0.4, -0.2) is 27.1 Å². The van der Waals surface area contributed by atoms with Crippen molar-refractivity contribution < 1.29 is 13.0 Å². The van der Waals surface area contributed by atoms with Crippen LogP contribution < -0.4 is 4.48 Å². The molecule has 3 rings (SSSR count). The Bertz CT molecular complexity index is 1060. The molecule has 0 amide bonds. The third-order valence-corrected chi connectivity index (χ3v) is 5.69. The maximum absolute atomic E-state index is 10.4. The van der Waals surface area contributed by atoms with E-state index in [-0.39, 0.29) is 4.90 Å². The summed E-state index contributed by atoms with van der Waals surface area (Å²) in [5.41, 5.74) is 6.40. The van der Waals surface area contributed by atoms with Crippen LogP contribution in [-0.2, 0) is 16.7 Å². The maximum Gasteiger partial charge on any atom is 0.132 e. The van der Waals surface area contributed by atoms with Crippen molar-refractivity contribution in [2.45, 2.75) is 32.2 Å². The topological polar surface area (TPSA) is 57.2 Å². The first kappa shape index (κ1) is 22.8. The quantitative estimate of drug-likeness (QED) is 0.450. The first-order valence-corrected chi connectivity index (χ1v) is 10.9. The predicted octanol–water partition coefficient (Wildman–Crippen LogP) is 4.97. The van der Waals surface area contributed by atoms with Crippen LogP contribution >= 0.6 is 0 Å². The molecule has 0 radical (unpaired) electrons. The number of nitrogens with zero attached hydrogens (tertiary/aromatic N) is 1. The molecule has 0 N–H and O–H groups in total. The molecule has 0 aliphatic rings. The number of rotatable bonds is 4. The second-order valence-electron chi connectivity index (χ2n) is 7.88. The van der Waals surface area contributed by atoms with E-state index < -0.39 is 10.1 Å². The van der Waals surface area contributed by atoms with Gasteiger partial charge in [-0.3, -0.25) is 4.48 Å². The molecule has 0 fully saturated rings. The zero-order valence-electron chi connectivity index (χ0n) is 17.7. The second-order valence-corrected chi connectivity index (χ2v) is 9.26. The summed E-state index contributed by atoms with van der Waals surface area (Å²) in [6.45, 7) is 7.18. The van der Waals surface area contributed by atoms with Crippen molar-refractivity contribution in [2.24, 2.45) is 0 Å². The standard InChI is InChI=1S/C17H22N.C7H8O3S/c1-14-8-7-11-17(12-14)18(3,4)13-16-10-6-5-9-15(16)2;1-6-2-4-7(5-3-6)11(8,9)10/h5-12H,13H2,1-4H3;2-5H,1H3,(H,8,9,10)/q+1;/p-1. The van der Waals surface area contributed by atoms with Gasteiger partial charge in [0.15, 0.2) is 0 Å². The molecule has 3 aromatic carbocycles. The van der Waals surface area contributed by atoms with Gasteiger partial charge in [-0.2, -0.15) is 0 Å². The predicted molar refractivity (Wildman–Crippen MR) is 119 cm³/mol. The van der Waals surface area contributed by atoms with Gasteiger partial charge >= 0.3 is 0 Å². The molecule has 0 atom stereocenters. The maximum atomic E-state index is 10.4. The molecule has 0 saturated heterocycles. The van der Waals surface area contributed by atoms with Gasteiger partial charge < -0.3 is 4.55 Å². The van der Waals surface area contributed by atoms with E-state index in [4.69, 9.17) is 0 Å². The lowest BCUT2D eigenvalue weighted by Crippen LogP contribution is -2.39. The van der Waals surface area contributed by atoms with Gasteiger partial charge in [0.2, 0.25) is 0 Å². The van der Waals surface area contributed by atoms with Crippen LogP contribution in [0.15, 0.2) is 77.7 Å². The van der Waals surface area contributed by atoms with E-state index >= 15 is 0 Å². The highest BCUT2D eigenvalue weighted by Gasteiger charge is 2.20. The van der Waals surface area contributed by atoms with E-state index in [1.54, 1.807) is 12.1 Å². The van der Waals surface area contributed by atoms with Crippen LogP contribution in [0.1, 0.15) is 22.3 Å². The summed E-state index contributed by atoms with van der Waals surface area (Å²) in [7, 11) is 0.261. The molecule has 0 bridgehead atoms. The minimum atomic E-state index is -4.27. The third kappa shape index (κ3) is 6.82. The average Bonchev–Trinajstić information content (AvgIpc) is 2.64. The lowest BCUT2D eigenvalue weighted by molar-refractivity contribution is 0.391. The van der Waals surface area contributed by atoms with Crippen molar-refractivity contribution in [1.29, 1.82) is 0 Å². The highest BCUT2D eigenvalue weighted by molar-refractivity contribution is 7.85. The number of quaternary nitrogens is 1. The summed E-state index contributed by atoms with van der Waals surface area (Å²) in [6.07, 6.45) is 0. The van der Waals surface area contributed by atoms with Gasteiger partial charge in [-0.25, -0.2) is 8.42 Å². The van der Waals surface area contributed by atoms with Gasteiger partial charge in [-0.05, 0) is 50.1 Å². The van der Waals surface area contributed by atoms with Crippen LogP contribution in [0.2, 0.25) is 0 Å². The summed E-state index contributed by atoms with van der Waals surface area (Å²) in [6, 6.07) is 23.2. The Labute approximate surface area is 174 Å². The fraction of sp³-hybridized carbons (Fsp3) is 0.250. The smallest absolute Gasteiger partial charge is 0.132 e. The molecule has 5 heteroatoms. The lowest BCUT2D eigenvalue weighted by atomic mass is 10.1. The van der Waals surface area contributed by atoms with Crippen molar-refractivity contribution in [1.82, 2.24) is 4.48 Å². The SMILES string of the molecule is Cc1ccc(S(=O)(=O)[O-])cc1.Cc1cccc([N+](C)(C)Cc2ccccc2C)c1. The lowest BCUT2D eigenvalue weighted by Gasteiger charge is -2.30. The van der Waals surface area contributed by atoms with Gasteiger partial charge in [0.05, 0.1) is 19.0 Å². The third-order valence-electron chi connectivity index (χ3n) is 4.84. The molecular weight excluding hydrogens is 382 g/mol. The van der Waals surface area contributed by atoms with E-state index in [1.165, 1.54) is 34.5 Å². The average molecular weight is 412 g/mol. The molecule has 0 saturated carbocycles. The molecule has 0 unspecified atom stereocenters. The van der Waals surface area contributed by atoms with E-state index in [0.29, 0.717) is 0 Å². The van der Waals surface area contributed by atoms with Crippen molar-refractivity contribution in [3.8, 4) is 0 Å². The summed E-state index contributed by atoms with van der Waals surface area (Å²) in [5.74, 6) is 0. The molecular formula is C24H29NO3S. The van der Waals surface area contributed by atoms with E-state index in [1.807, 2.05) is 6.92 Å². The highest BCUT2D eigenvalue weighted by Crippen LogP contribution is 2.24. The van der Waals surface area contributed by atoms with Crippen LogP contribution in [0.25, 0.3) is 0 Å². The largest absolute Gasteiger partial charge is 0.744 e. The van der Waals surface area contributed by atoms with Crippen LogP contribution in [0.5, 0.6) is 0 Å². The molecule has 154 valence electrons. The molecule has 0 aromatic heterocycles. The number of aryl methyl sites for hydroxylation is 3. The summed E-state index contributed by atoms with van der Waals surface area (Å²) in [5, 5.41) is 0. The summed E-state index contributed by atoms with van der Waals surface area (Å²) < 4.78 is 32.0. The number of benzene rings is 3. The Morgan fingerprint density at radius 3 is 1.97 bits per heavy atom. The Hall–Kier alpha value is -2.47. The molecule has 0 aliphatic heterocycles. The fourth-order valence-electron chi connectivity index (χ4n) is 3.01. The first-order valence-electron chi connectivity index (χ1n) is 9.46. The normalized spacial score (nSPS) is 11.5. The summed E-state index contributed by atoms with van der Waals surface area (Å²) in [4.78, 5) is -0.178. The second kappa shape index (κ2) is 9.35. The fourth-order valence-corrected chi connectivity index (χ4v) is 3.48. The Balaban J connectivity index is 0.000000234. The molecule has 4 nitrogen and oxygen atoms in total. The van der Waals surface area contributed by atoms with Crippen LogP contribution in [0.3, 0.4) is 0 Å². The van der Waals surface area contributed by atoms with Gasteiger partial charge in [0, 0.05) is 11.6 Å². The van der Waals surface area contributed by atoms with Gasteiger partial charge in [-0.15, -0.1) is 0 Å². The monoisotopic (exact) mass is 411 g/mol. The molecule has 0 spiro atoms. The van der Waals surface area contributed by atoms with Gasteiger partial charge in [-0.1, -0.05) is 54.1 Å². The van der Waals surface area contributed by atoms with Crippen LogP contribution in [0.4, 0.5) is 5.69 Å². The zero-order chi connectivity index (χ0) is 21.7. The molecule has 29 heavy (non-hydrogen) atoms. The Kier molecular flexibility index (Phi) is 7.36. The van der Waals surface area contributed by atoms with Crippen molar-refractivity contribution >= 4 is 15.8 Å². The first-order chi connectivity index (χ1) is 13.5.